The Bertz CT molecular complexity index is 1880. The SMILES string of the molecule is CC(=O)N1CCc2c(c(N3CCCc4cc(-c5ccc(CCN6CCN(c7ccc(C(=O)O)cc7)CC6)nc5)ncc43)nn2C2CCOCC2)C1. The van der Waals surface area contributed by atoms with E-state index in [1.165, 1.54) is 16.8 Å². The monoisotopic (exact) mass is 690 g/mol. The van der Waals surface area contributed by atoms with Gasteiger partial charge in [-0.3, -0.25) is 24.3 Å². The van der Waals surface area contributed by atoms with Gasteiger partial charge in [-0.2, -0.15) is 5.10 Å². The fraction of sp³-hybridized carbons (Fsp3) is 0.462. The molecule has 1 N–H and O–H groups in total. The molecule has 1 aromatic carbocycles. The Morgan fingerprint density at radius 2 is 1.73 bits per heavy atom. The van der Waals surface area contributed by atoms with Gasteiger partial charge in [-0.05, 0) is 73.7 Å². The number of pyridine rings is 2. The second kappa shape index (κ2) is 14.4. The summed E-state index contributed by atoms with van der Waals surface area (Å²) in [6.45, 7) is 10.1. The minimum Gasteiger partial charge on any atom is -0.478 e. The second-order valence-electron chi connectivity index (χ2n) is 14.1. The van der Waals surface area contributed by atoms with E-state index in [9.17, 15) is 14.7 Å². The molecule has 12 heteroatoms. The van der Waals surface area contributed by atoms with Crippen LogP contribution in [0.5, 0.6) is 0 Å². The number of fused-ring (bicyclic) bond motifs is 2. The average Bonchev–Trinajstić information content (AvgIpc) is 3.56. The predicted octanol–water partition coefficient (Wildman–Crippen LogP) is 4.74. The number of carbonyl (C=O) groups is 2. The van der Waals surface area contributed by atoms with E-state index in [2.05, 4.69) is 37.6 Å². The van der Waals surface area contributed by atoms with Crippen LogP contribution in [0.25, 0.3) is 11.3 Å². The number of piperazine rings is 1. The summed E-state index contributed by atoms with van der Waals surface area (Å²) in [5.41, 5.74) is 9.21. The van der Waals surface area contributed by atoms with Crippen LogP contribution >= 0.6 is 0 Å². The number of benzene rings is 1. The van der Waals surface area contributed by atoms with Crippen molar-refractivity contribution in [3.63, 3.8) is 0 Å². The third-order valence-electron chi connectivity index (χ3n) is 11.0. The van der Waals surface area contributed by atoms with Crippen molar-refractivity contribution in [2.75, 3.05) is 68.8 Å². The summed E-state index contributed by atoms with van der Waals surface area (Å²) in [6.07, 6.45) is 9.59. The van der Waals surface area contributed by atoms with Gasteiger partial charge in [-0.25, -0.2) is 4.79 Å². The van der Waals surface area contributed by atoms with E-state index in [-0.39, 0.29) is 5.91 Å². The maximum Gasteiger partial charge on any atom is 0.335 e. The van der Waals surface area contributed by atoms with Crippen molar-refractivity contribution in [1.29, 1.82) is 0 Å². The van der Waals surface area contributed by atoms with Gasteiger partial charge in [-0.15, -0.1) is 0 Å². The van der Waals surface area contributed by atoms with E-state index >= 15 is 0 Å². The molecule has 0 atom stereocenters. The van der Waals surface area contributed by atoms with Gasteiger partial charge in [0, 0.05) is 113 Å². The van der Waals surface area contributed by atoms with Gasteiger partial charge < -0.3 is 24.5 Å². The van der Waals surface area contributed by atoms with Gasteiger partial charge in [-0.1, -0.05) is 0 Å². The molecule has 1 amide bonds. The number of carboxylic acid groups (broad SMARTS) is 1. The summed E-state index contributed by atoms with van der Waals surface area (Å²) >= 11 is 0. The number of hydrogen-bond donors (Lipinski definition) is 1. The zero-order valence-corrected chi connectivity index (χ0v) is 29.3. The highest BCUT2D eigenvalue weighted by atomic mass is 16.5. The molecule has 4 aromatic rings. The summed E-state index contributed by atoms with van der Waals surface area (Å²) in [6, 6.07) is 14.0. The first-order valence-electron chi connectivity index (χ1n) is 18.4. The molecular weight excluding hydrogens is 644 g/mol. The molecule has 0 radical (unpaired) electrons. The molecule has 0 unspecified atom stereocenters. The van der Waals surface area contributed by atoms with Gasteiger partial charge in [0.05, 0.1) is 35.7 Å². The smallest absolute Gasteiger partial charge is 0.335 e. The fourth-order valence-electron chi connectivity index (χ4n) is 8.05. The minimum absolute atomic E-state index is 0.109. The average molecular weight is 691 g/mol. The lowest BCUT2D eigenvalue weighted by Crippen LogP contribution is -2.47. The number of aromatic carboxylic acids is 1. The molecule has 0 aliphatic carbocycles. The van der Waals surface area contributed by atoms with Crippen molar-refractivity contribution in [2.45, 2.75) is 58.0 Å². The maximum atomic E-state index is 12.4. The standard InChI is InChI=1S/C39H46N8O4/c1-27(48)45-16-11-36-34(26-45)38(42-47(36)33-12-21-51-22-13-33)46-14-2-3-29-23-35(41-25-37(29)46)30-4-7-31(40-24-30)10-15-43-17-19-44(20-18-43)32-8-5-28(6-9-32)39(49)50/h4-9,23-25,33H,2-3,10-22,26H2,1H3,(H,49,50). The zero-order valence-electron chi connectivity index (χ0n) is 29.3. The number of anilines is 3. The summed E-state index contributed by atoms with van der Waals surface area (Å²) in [7, 11) is 0. The molecule has 3 aromatic heterocycles. The van der Waals surface area contributed by atoms with Gasteiger partial charge in [0.1, 0.15) is 0 Å². The molecule has 266 valence electrons. The molecule has 7 heterocycles. The molecule has 0 bridgehead atoms. The van der Waals surface area contributed by atoms with E-state index in [0.29, 0.717) is 18.2 Å². The number of ether oxygens (including phenoxy) is 1. The Hall–Kier alpha value is -4.81. The number of amides is 1. The summed E-state index contributed by atoms with van der Waals surface area (Å²) in [5.74, 6) is 0.184. The van der Waals surface area contributed by atoms with Gasteiger partial charge in [0.25, 0.3) is 0 Å². The molecule has 12 nitrogen and oxygen atoms in total. The van der Waals surface area contributed by atoms with Crippen LogP contribution in [0.2, 0.25) is 0 Å². The number of carboxylic acids is 1. The quantitative estimate of drug-likeness (QED) is 0.278. The van der Waals surface area contributed by atoms with E-state index in [4.69, 9.17) is 19.8 Å². The van der Waals surface area contributed by atoms with Crippen molar-refractivity contribution in [3.05, 3.63) is 82.9 Å². The Labute approximate surface area is 298 Å². The molecule has 0 spiro atoms. The maximum absolute atomic E-state index is 12.4. The lowest BCUT2D eigenvalue weighted by atomic mass is 9.99. The normalized spacial score (nSPS) is 18.4. The van der Waals surface area contributed by atoms with Gasteiger partial charge in [0.15, 0.2) is 5.82 Å². The van der Waals surface area contributed by atoms with Crippen LogP contribution in [0.15, 0.2) is 54.9 Å². The van der Waals surface area contributed by atoms with Crippen LogP contribution in [-0.2, 0) is 35.3 Å². The van der Waals surface area contributed by atoms with Gasteiger partial charge in [0.2, 0.25) is 5.91 Å². The minimum atomic E-state index is -0.896. The van der Waals surface area contributed by atoms with Crippen molar-refractivity contribution in [1.82, 2.24) is 29.5 Å². The molecule has 2 saturated heterocycles. The summed E-state index contributed by atoms with van der Waals surface area (Å²) in [5, 5.41) is 14.5. The Kier molecular flexibility index (Phi) is 9.44. The molecule has 4 aliphatic rings. The van der Waals surface area contributed by atoms with E-state index in [1.54, 1.807) is 19.1 Å². The highest BCUT2D eigenvalue weighted by Gasteiger charge is 2.33. The highest BCUT2D eigenvalue weighted by molar-refractivity contribution is 5.88. The van der Waals surface area contributed by atoms with Crippen molar-refractivity contribution < 1.29 is 19.4 Å². The highest BCUT2D eigenvalue weighted by Crippen LogP contribution is 2.40. The molecule has 0 saturated carbocycles. The van der Waals surface area contributed by atoms with Gasteiger partial charge >= 0.3 is 5.97 Å². The first-order valence-corrected chi connectivity index (χ1v) is 18.4. The number of rotatable bonds is 8. The Balaban J connectivity index is 0.930. The van der Waals surface area contributed by atoms with E-state index in [0.717, 1.165) is 132 Å². The first kappa shape index (κ1) is 33.3. The van der Waals surface area contributed by atoms with Crippen molar-refractivity contribution in [3.8, 4) is 11.3 Å². The molecule has 51 heavy (non-hydrogen) atoms. The Morgan fingerprint density at radius 3 is 2.45 bits per heavy atom. The number of carbonyl (C=O) groups excluding carboxylic acids is 1. The Morgan fingerprint density at radius 1 is 0.922 bits per heavy atom. The lowest BCUT2D eigenvalue weighted by Gasteiger charge is -2.36. The van der Waals surface area contributed by atoms with Crippen molar-refractivity contribution in [2.24, 2.45) is 0 Å². The van der Waals surface area contributed by atoms with Crippen LogP contribution in [0.4, 0.5) is 17.2 Å². The first-order chi connectivity index (χ1) is 24.9. The predicted molar refractivity (Wildman–Crippen MR) is 195 cm³/mol. The summed E-state index contributed by atoms with van der Waals surface area (Å²) < 4.78 is 7.93. The lowest BCUT2D eigenvalue weighted by molar-refractivity contribution is -0.129. The molecule has 8 rings (SSSR count). The molecular formula is C39H46N8O4. The van der Waals surface area contributed by atoms with E-state index < -0.39 is 5.97 Å². The number of nitrogens with zero attached hydrogens (tertiary/aromatic N) is 8. The van der Waals surface area contributed by atoms with Crippen LogP contribution < -0.4 is 9.80 Å². The third kappa shape index (κ3) is 6.94. The van der Waals surface area contributed by atoms with Crippen LogP contribution in [0.3, 0.4) is 0 Å². The molecule has 2 fully saturated rings. The van der Waals surface area contributed by atoms with Crippen LogP contribution in [0, 0.1) is 0 Å². The third-order valence-corrected chi connectivity index (χ3v) is 11.0. The topological polar surface area (TPSA) is 120 Å². The van der Waals surface area contributed by atoms with E-state index in [1.807, 2.05) is 29.4 Å². The van der Waals surface area contributed by atoms with Crippen LogP contribution in [-0.4, -0.2) is 106 Å². The number of aromatic nitrogens is 4. The number of hydrogen-bond acceptors (Lipinski definition) is 9. The second-order valence-corrected chi connectivity index (χ2v) is 14.1. The number of aryl methyl sites for hydroxylation is 1. The van der Waals surface area contributed by atoms with Crippen molar-refractivity contribution >= 4 is 29.1 Å². The zero-order chi connectivity index (χ0) is 34.9. The fourth-order valence-corrected chi connectivity index (χ4v) is 8.05. The largest absolute Gasteiger partial charge is 0.478 e. The summed E-state index contributed by atoms with van der Waals surface area (Å²) in [4.78, 5) is 42.4. The van der Waals surface area contributed by atoms with Crippen LogP contribution in [0.1, 0.15) is 65.1 Å². The molecule has 4 aliphatic heterocycles.